The number of ether oxygens (including phenoxy) is 1. The number of carbonyl (C=O) groups excluding carboxylic acids is 2. The van der Waals surface area contributed by atoms with Crippen LogP contribution in [0.5, 0.6) is 0 Å². The number of rotatable bonds is 4. The first-order chi connectivity index (χ1) is 13.9. The van der Waals surface area contributed by atoms with Crippen molar-refractivity contribution in [1.29, 1.82) is 0 Å². The Kier molecular flexibility index (Phi) is 5.78. The molecule has 1 aliphatic carbocycles. The van der Waals surface area contributed by atoms with Gasteiger partial charge in [0.25, 0.3) is 5.91 Å². The van der Waals surface area contributed by atoms with Gasteiger partial charge in [-0.05, 0) is 63.1 Å². The Morgan fingerprint density at radius 3 is 2.30 bits per heavy atom. The van der Waals surface area contributed by atoms with Crippen molar-refractivity contribution in [3.05, 3.63) is 65.2 Å². The van der Waals surface area contributed by atoms with E-state index in [1.165, 1.54) is 12.1 Å². The van der Waals surface area contributed by atoms with Crippen molar-refractivity contribution < 1.29 is 27.5 Å². The molecule has 0 radical (unpaired) electrons. The number of nitrogens with one attached hydrogen (secondary N) is 2. The lowest BCUT2D eigenvalue weighted by Gasteiger charge is -2.19. The zero-order valence-electron chi connectivity index (χ0n) is 16.8. The van der Waals surface area contributed by atoms with Crippen LogP contribution in [-0.4, -0.2) is 23.6 Å². The molecular weight excluding hydrogens is 397 g/mol. The summed E-state index contributed by atoms with van der Waals surface area (Å²) in [5.74, 6) is -0.363. The molecule has 0 aromatic heterocycles. The van der Waals surface area contributed by atoms with Crippen molar-refractivity contribution in [1.82, 2.24) is 5.32 Å². The molecule has 0 heterocycles. The van der Waals surface area contributed by atoms with Gasteiger partial charge in [0.1, 0.15) is 5.60 Å². The van der Waals surface area contributed by atoms with Crippen LogP contribution in [0.1, 0.15) is 54.6 Å². The second-order valence-corrected chi connectivity index (χ2v) is 8.25. The third kappa shape index (κ3) is 5.75. The summed E-state index contributed by atoms with van der Waals surface area (Å²) in [6.45, 7) is 5.38. The van der Waals surface area contributed by atoms with Crippen LogP contribution < -0.4 is 10.6 Å². The van der Waals surface area contributed by atoms with Gasteiger partial charge in [0, 0.05) is 23.2 Å². The fourth-order valence-electron chi connectivity index (χ4n) is 3.04. The first-order valence-corrected chi connectivity index (χ1v) is 9.50. The van der Waals surface area contributed by atoms with Crippen LogP contribution in [0.15, 0.2) is 48.5 Å². The number of benzene rings is 2. The quantitative estimate of drug-likeness (QED) is 0.702. The first kappa shape index (κ1) is 21.7. The number of alkyl halides is 3. The van der Waals surface area contributed by atoms with Crippen molar-refractivity contribution in [2.45, 2.75) is 50.9 Å². The van der Waals surface area contributed by atoms with Gasteiger partial charge in [-0.3, -0.25) is 4.79 Å². The summed E-state index contributed by atoms with van der Waals surface area (Å²) in [4.78, 5) is 24.2. The Bertz CT molecular complexity index is 934. The van der Waals surface area contributed by atoms with Gasteiger partial charge in [-0.25, -0.2) is 4.79 Å². The lowest BCUT2D eigenvalue weighted by atomic mass is 10.1. The summed E-state index contributed by atoms with van der Waals surface area (Å²) in [6.07, 6.45) is -4.17. The largest absolute Gasteiger partial charge is 0.444 e. The van der Waals surface area contributed by atoms with Crippen molar-refractivity contribution in [2.75, 3.05) is 5.32 Å². The molecular formula is C22H23F3N2O3. The number of carbonyl (C=O) groups is 2. The number of halogens is 3. The smallest absolute Gasteiger partial charge is 0.416 e. The number of alkyl carbamates (subject to hydrolysis) is 1. The second-order valence-electron chi connectivity index (χ2n) is 8.25. The Hall–Kier alpha value is -3.03. The van der Waals surface area contributed by atoms with Crippen molar-refractivity contribution >= 4 is 17.7 Å². The molecule has 8 heteroatoms. The van der Waals surface area contributed by atoms with Gasteiger partial charge in [0.15, 0.2) is 0 Å². The topological polar surface area (TPSA) is 67.4 Å². The van der Waals surface area contributed by atoms with Crippen LogP contribution in [-0.2, 0) is 10.9 Å². The fourth-order valence-corrected chi connectivity index (χ4v) is 3.04. The van der Waals surface area contributed by atoms with Gasteiger partial charge in [-0.2, -0.15) is 13.2 Å². The van der Waals surface area contributed by atoms with E-state index in [0.29, 0.717) is 5.56 Å². The molecule has 0 saturated heterocycles. The van der Waals surface area contributed by atoms with Gasteiger partial charge in [0.05, 0.1) is 5.56 Å². The van der Waals surface area contributed by atoms with E-state index in [1.54, 1.807) is 45.0 Å². The number of amides is 2. The molecule has 1 fully saturated rings. The zero-order chi connectivity index (χ0) is 22.1. The molecule has 30 heavy (non-hydrogen) atoms. The fraction of sp³-hybridized carbons (Fsp3) is 0.364. The van der Waals surface area contributed by atoms with Gasteiger partial charge in [-0.15, -0.1) is 0 Å². The minimum Gasteiger partial charge on any atom is -0.444 e. The molecule has 5 nitrogen and oxygen atoms in total. The Labute approximate surface area is 172 Å². The Balaban J connectivity index is 1.57. The maximum Gasteiger partial charge on any atom is 0.416 e. The summed E-state index contributed by atoms with van der Waals surface area (Å²) in [6, 6.07) is 11.2. The standard InChI is InChI=1S/C22H23F3N2O3/c1-21(2,3)30-20(29)27-18-12-17(18)13-7-9-14(10-8-13)19(28)26-16-6-4-5-15(11-16)22(23,24)25/h4-11,17-18H,12H2,1-3H3,(H,26,28)(H,27,29)/t17-,18+/m0/s1. The third-order valence-corrected chi connectivity index (χ3v) is 4.54. The Morgan fingerprint density at radius 1 is 1.03 bits per heavy atom. The predicted octanol–water partition coefficient (Wildman–Crippen LogP) is 5.34. The molecule has 0 bridgehead atoms. The van der Waals surface area contributed by atoms with Crippen LogP contribution in [0.3, 0.4) is 0 Å². The molecule has 2 N–H and O–H groups in total. The van der Waals surface area contributed by atoms with E-state index in [1.807, 2.05) is 0 Å². The highest BCUT2D eigenvalue weighted by Gasteiger charge is 2.40. The maximum absolute atomic E-state index is 12.8. The van der Waals surface area contributed by atoms with E-state index >= 15 is 0 Å². The number of hydrogen-bond donors (Lipinski definition) is 2. The molecule has 3 rings (SSSR count). The van der Waals surface area contributed by atoms with Crippen molar-refractivity contribution in [2.24, 2.45) is 0 Å². The lowest BCUT2D eigenvalue weighted by Crippen LogP contribution is -2.34. The average Bonchev–Trinajstić information content (AvgIpc) is 3.38. The SMILES string of the molecule is CC(C)(C)OC(=O)N[C@@H]1C[C@H]1c1ccc(C(=O)Nc2cccc(C(F)(F)F)c2)cc1. The highest BCUT2D eigenvalue weighted by Crippen LogP contribution is 2.41. The van der Waals surface area contributed by atoms with E-state index < -0.39 is 29.3 Å². The van der Waals surface area contributed by atoms with E-state index in [4.69, 9.17) is 4.74 Å². The average molecular weight is 420 g/mol. The van der Waals surface area contributed by atoms with E-state index in [9.17, 15) is 22.8 Å². The van der Waals surface area contributed by atoms with Gasteiger partial charge in [-0.1, -0.05) is 18.2 Å². The summed E-state index contributed by atoms with van der Waals surface area (Å²) in [7, 11) is 0. The minimum atomic E-state index is -4.48. The third-order valence-electron chi connectivity index (χ3n) is 4.54. The lowest BCUT2D eigenvalue weighted by molar-refractivity contribution is -0.137. The molecule has 0 unspecified atom stereocenters. The minimum absolute atomic E-state index is 0.0235. The highest BCUT2D eigenvalue weighted by atomic mass is 19.4. The van der Waals surface area contributed by atoms with E-state index in [2.05, 4.69) is 10.6 Å². The summed E-state index contributed by atoms with van der Waals surface area (Å²) < 4.78 is 43.6. The zero-order valence-corrected chi connectivity index (χ0v) is 16.8. The predicted molar refractivity (Wildman–Crippen MR) is 106 cm³/mol. The molecule has 2 aromatic rings. The van der Waals surface area contributed by atoms with Crippen LogP contribution in [0.2, 0.25) is 0 Å². The normalized spacial score (nSPS) is 18.5. The molecule has 1 aliphatic rings. The van der Waals surface area contributed by atoms with Crippen LogP contribution in [0.25, 0.3) is 0 Å². The van der Waals surface area contributed by atoms with Gasteiger partial charge in [0.2, 0.25) is 0 Å². The van der Waals surface area contributed by atoms with Crippen LogP contribution in [0, 0.1) is 0 Å². The Morgan fingerprint density at radius 2 is 1.70 bits per heavy atom. The van der Waals surface area contributed by atoms with Gasteiger partial charge >= 0.3 is 12.3 Å². The summed E-state index contributed by atoms with van der Waals surface area (Å²) >= 11 is 0. The molecule has 1 saturated carbocycles. The summed E-state index contributed by atoms with van der Waals surface area (Å²) in [5.41, 5.74) is -0.0286. The molecule has 2 amide bonds. The molecule has 2 aromatic carbocycles. The summed E-state index contributed by atoms with van der Waals surface area (Å²) in [5, 5.41) is 5.29. The van der Waals surface area contributed by atoms with Crippen molar-refractivity contribution in [3.8, 4) is 0 Å². The van der Waals surface area contributed by atoms with E-state index in [-0.39, 0.29) is 17.6 Å². The number of anilines is 1. The van der Waals surface area contributed by atoms with Gasteiger partial charge < -0.3 is 15.4 Å². The highest BCUT2D eigenvalue weighted by molar-refractivity contribution is 6.04. The monoisotopic (exact) mass is 420 g/mol. The molecule has 0 aliphatic heterocycles. The van der Waals surface area contributed by atoms with Crippen LogP contribution in [0.4, 0.5) is 23.7 Å². The van der Waals surface area contributed by atoms with Crippen molar-refractivity contribution in [3.63, 3.8) is 0 Å². The van der Waals surface area contributed by atoms with Crippen LogP contribution >= 0.6 is 0 Å². The van der Waals surface area contributed by atoms with E-state index in [0.717, 1.165) is 24.1 Å². The molecule has 160 valence electrons. The molecule has 2 atom stereocenters. The second kappa shape index (κ2) is 8.01. The first-order valence-electron chi connectivity index (χ1n) is 9.50. The molecule has 0 spiro atoms. The maximum atomic E-state index is 12.8. The number of hydrogen-bond acceptors (Lipinski definition) is 3.